The number of aromatic carboxylic acids is 1. The minimum Gasteiger partial charge on any atom is -0.478 e. The van der Waals surface area contributed by atoms with Gasteiger partial charge in [-0.25, -0.2) is 19.2 Å². The second-order valence-electron chi connectivity index (χ2n) is 6.62. The van der Waals surface area contributed by atoms with E-state index in [1.807, 2.05) is 0 Å². The molecule has 0 saturated carbocycles. The van der Waals surface area contributed by atoms with Crippen LogP contribution in [0, 0.1) is 0 Å². The molecule has 0 atom stereocenters. The Balaban J connectivity index is 1.56. The Morgan fingerprint density at radius 1 is 0.688 bits per heavy atom. The van der Waals surface area contributed by atoms with E-state index in [-0.39, 0.29) is 42.1 Å². The molecule has 8 nitrogen and oxygen atoms in total. The Kier molecular flexibility index (Phi) is 7.17. The third-order valence-corrected chi connectivity index (χ3v) is 4.51. The number of carboxylic acids is 1. The molecule has 0 aromatic heterocycles. The zero-order chi connectivity index (χ0) is 23.1. The number of carboxylic acid groups (broad SMARTS) is 1. The van der Waals surface area contributed by atoms with E-state index in [0.717, 1.165) is 0 Å². The number of carbonyl (C=O) groups excluding carboxylic acids is 3. The second kappa shape index (κ2) is 10.2. The maximum atomic E-state index is 12.3. The number of rotatable bonds is 8. The normalized spacial score (nSPS) is 10.4. The van der Waals surface area contributed by atoms with Crippen LogP contribution in [0.5, 0.6) is 0 Å². The molecule has 0 saturated heterocycles. The molecule has 8 heteroatoms. The summed E-state index contributed by atoms with van der Waals surface area (Å²) in [4.78, 5) is 47.6. The summed E-state index contributed by atoms with van der Waals surface area (Å²) in [7, 11) is 0. The van der Waals surface area contributed by atoms with Crippen molar-refractivity contribution in [2.24, 2.45) is 0 Å². The lowest BCUT2D eigenvalue weighted by molar-refractivity contribution is 0.0263. The second-order valence-corrected chi connectivity index (χ2v) is 6.62. The number of esters is 3. The van der Waals surface area contributed by atoms with Gasteiger partial charge in [0.05, 0.1) is 28.9 Å². The standard InChI is InChI=1S/C24H20O8/c1-2-30-23(28)19-5-3-4-6-20(19)24(29)32-12-11-31-22(27)18-10-8-15-13-17(21(25)26)9-7-16(15)14-18/h3-10,13-14H,2,11-12H2,1H3,(H,25,26). The highest BCUT2D eigenvalue weighted by molar-refractivity contribution is 6.03. The lowest BCUT2D eigenvalue weighted by atomic mass is 10.0. The molecule has 3 aromatic carbocycles. The number of carbonyl (C=O) groups is 4. The zero-order valence-corrected chi connectivity index (χ0v) is 17.2. The van der Waals surface area contributed by atoms with E-state index in [1.165, 1.54) is 30.3 Å². The van der Waals surface area contributed by atoms with Crippen molar-refractivity contribution in [3.05, 3.63) is 82.9 Å². The average Bonchev–Trinajstić information content (AvgIpc) is 2.80. The minimum atomic E-state index is -1.03. The number of hydrogen-bond acceptors (Lipinski definition) is 7. The Morgan fingerprint density at radius 2 is 1.19 bits per heavy atom. The highest BCUT2D eigenvalue weighted by Gasteiger charge is 2.19. The van der Waals surface area contributed by atoms with E-state index in [2.05, 4.69) is 0 Å². The quantitative estimate of drug-likeness (QED) is 0.323. The number of benzene rings is 3. The maximum absolute atomic E-state index is 12.3. The first-order chi connectivity index (χ1) is 15.4. The predicted molar refractivity (Wildman–Crippen MR) is 114 cm³/mol. The van der Waals surface area contributed by atoms with Crippen molar-refractivity contribution in [1.82, 2.24) is 0 Å². The van der Waals surface area contributed by atoms with Crippen molar-refractivity contribution < 1.29 is 38.5 Å². The molecule has 0 aliphatic rings. The van der Waals surface area contributed by atoms with Gasteiger partial charge in [-0.2, -0.15) is 0 Å². The summed E-state index contributed by atoms with van der Waals surface area (Å²) >= 11 is 0. The van der Waals surface area contributed by atoms with Crippen molar-refractivity contribution in [3.63, 3.8) is 0 Å². The summed E-state index contributed by atoms with van der Waals surface area (Å²) in [5.74, 6) is -3.00. The van der Waals surface area contributed by atoms with Crippen LogP contribution in [0.1, 0.15) is 48.4 Å². The van der Waals surface area contributed by atoms with Gasteiger partial charge in [-0.1, -0.05) is 24.3 Å². The third kappa shape index (κ3) is 5.28. The molecule has 0 fully saturated rings. The molecule has 0 bridgehead atoms. The van der Waals surface area contributed by atoms with Crippen LogP contribution < -0.4 is 0 Å². The molecule has 1 N–H and O–H groups in total. The average molecular weight is 436 g/mol. The smallest absolute Gasteiger partial charge is 0.339 e. The largest absolute Gasteiger partial charge is 0.478 e. The van der Waals surface area contributed by atoms with E-state index < -0.39 is 23.9 Å². The summed E-state index contributed by atoms with van der Waals surface area (Å²) in [6.45, 7) is 1.46. The molecule has 3 aromatic rings. The van der Waals surface area contributed by atoms with Gasteiger partial charge in [-0.15, -0.1) is 0 Å². The highest BCUT2D eigenvalue weighted by Crippen LogP contribution is 2.19. The zero-order valence-electron chi connectivity index (χ0n) is 17.2. The molecule has 0 radical (unpaired) electrons. The van der Waals surface area contributed by atoms with Gasteiger partial charge in [0.25, 0.3) is 0 Å². The molecule has 0 amide bonds. The molecule has 164 valence electrons. The number of ether oxygens (including phenoxy) is 3. The lowest BCUT2D eigenvalue weighted by Crippen LogP contribution is -2.17. The van der Waals surface area contributed by atoms with Crippen LogP contribution in [0.4, 0.5) is 0 Å². The summed E-state index contributed by atoms with van der Waals surface area (Å²) in [5.41, 5.74) is 0.588. The Morgan fingerprint density at radius 3 is 1.75 bits per heavy atom. The van der Waals surface area contributed by atoms with Gasteiger partial charge >= 0.3 is 23.9 Å². The van der Waals surface area contributed by atoms with Gasteiger partial charge in [-0.3, -0.25) is 0 Å². The Bertz CT molecular complexity index is 1180. The van der Waals surface area contributed by atoms with Gasteiger partial charge in [0.2, 0.25) is 0 Å². The molecule has 0 spiro atoms. The van der Waals surface area contributed by atoms with Crippen molar-refractivity contribution in [2.75, 3.05) is 19.8 Å². The van der Waals surface area contributed by atoms with Crippen molar-refractivity contribution in [2.45, 2.75) is 6.92 Å². The molecular formula is C24H20O8. The van der Waals surface area contributed by atoms with Gasteiger partial charge < -0.3 is 19.3 Å². The van der Waals surface area contributed by atoms with Crippen LogP contribution in [-0.2, 0) is 14.2 Å². The van der Waals surface area contributed by atoms with E-state index in [1.54, 1.807) is 37.3 Å². The summed E-state index contributed by atoms with van der Waals surface area (Å²) < 4.78 is 15.2. The molecule has 3 rings (SSSR count). The van der Waals surface area contributed by atoms with Crippen LogP contribution in [0.25, 0.3) is 10.8 Å². The van der Waals surface area contributed by atoms with Crippen LogP contribution in [-0.4, -0.2) is 48.8 Å². The first kappa shape index (κ1) is 22.5. The fourth-order valence-corrected chi connectivity index (χ4v) is 2.98. The van der Waals surface area contributed by atoms with Crippen molar-refractivity contribution >= 4 is 34.6 Å². The SMILES string of the molecule is CCOC(=O)c1ccccc1C(=O)OCCOC(=O)c1ccc2cc(C(=O)O)ccc2c1. The minimum absolute atomic E-state index is 0.0625. The molecule has 0 aliphatic carbocycles. The first-order valence-corrected chi connectivity index (χ1v) is 9.78. The third-order valence-electron chi connectivity index (χ3n) is 4.51. The number of fused-ring (bicyclic) bond motifs is 1. The van der Waals surface area contributed by atoms with E-state index in [4.69, 9.17) is 19.3 Å². The van der Waals surface area contributed by atoms with Crippen molar-refractivity contribution in [3.8, 4) is 0 Å². The topological polar surface area (TPSA) is 116 Å². The molecule has 0 aliphatic heterocycles. The lowest BCUT2D eigenvalue weighted by Gasteiger charge is -2.10. The summed E-state index contributed by atoms with van der Waals surface area (Å²) in [6.07, 6.45) is 0. The number of hydrogen-bond donors (Lipinski definition) is 1. The monoisotopic (exact) mass is 436 g/mol. The highest BCUT2D eigenvalue weighted by atomic mass is 16.6. The van der Waals surface area contributed by atoms with E-state index in [9.17, 15) is 19.2 Å². The van der Waals surface area contributed by atoms with E-state index >= 15 is 0 Å². The van der Waals surface area contributed by atoms with Crippen LogP contribution >= 0.6 is 0 Å². The van der Waals surface area contributed by atoms with E-state index in [0.29, 0.717) is 10.8 Å². The fraction of sp³-hybridized carbons (Fsp3) is 0.167. The van der Waals surface area contributed by atoms with Crippen molar-refractivity contribution in [1.29, 1.82) is 0 Å². The molecule has 32 heavy (non-hydrogen) atoms. The Labute approximate surface area is 183 Å². The van der Waals surface area contributed by atoms with Gasteiger partial charge in [0.1, 0.15) is 13.2 Å². The summed E-state index contributed by atoms with van der Waals surface area (Å²) in [6, 6.07) is 15.4. The molecule has 0 unspecified atom stereocenters. The summed E-state index contributed by atoms with van der Waals surface area (Å²) in [5, 5.41) is 10.4. The Hall–Kier alpha value is -4.20. The molecule has 0 heterocycles. The van der Waals surface area contributed by atoms with Crippen LogP contribution in [0.15, 0.2) is 60.7 Å². The maximum Gasteiger partial charge on any atom is 0.339 e. The predicted octanol–water partition coefficient (Wildman–Crippen LogP) is 3.73. The molecular weight excluding hydrogens is 416 g/mol. The van der Waals surface area contributed by atoms with Crippen LogP contribution in [0.2, 0.25) is 0 Å². The van der Waals surface area contributed by atoms with Gasteiger partial charge in [0, 0.05) is 0 Å². The fourth-order valence-electron chi connectivity index (χ4n) is 2.98. The van der Waals surface area contributed by atoms with Crippen LogP contribution in [0.3, 0.4) is 0 Å². The van der Waals surface area contributed by atoms with Gasteiger partial charge in [-0.05, 0) is 54.1 Å². The van der Waals surface area contributed by atoms with Gasteiger partial charge in [0.15, 0.2) is 0 Å². The first-order valence-electron chi connectivity index (χ1n) is 9.78.